The van der Waals surface area contributed by atoms with Gasteiger partial charge in [-0.3, -0.25) is 0 Å². The molecule has 0 aliphatic carbocycles. The third kappa shape index (κ3) is 4.94. The van der Waals surface area contributed by atoms with Crippen molar-refractivity contribution >= 4 is 0 Å². The molecule has 2 N–H and O–H groups in total. The molecule has 1 aliphatic heterocycles. The molecule has 0 aromatic heterocycles. The van der Waals surface area contributed by atoms with E-state index in [0.29, 0.717) is 6.10 Å². The van der Waals surface area contributed by atoms with Crippen LogP contribution < -0.4 is 5.73 Å². The molecule has 1 aliphatic rings. The molecule has 0 amide bonds. The van der Waals surface area contributed by atoms with Crippen LogP contribution in [0, 0.1) is 0 Å². The van der Waals surface area contributed by atoms with Crippen molar-refractivity contribution in [3.05, 3.63) is 0 Å². The summed E-state index contributed by atoms with van der Waals surface area (Å²) in [6, 6.07) is 0.285. The van der Waals surface area contributed by atoms with Gasteiger partial charge in [0.1, 0.15) is 0 Å². The van der Waals surface area contributed by atoms with Crippen LogP contribution >= 0.6 is 0 Å². The van der Waals surface area contributed by atoms with E-state index in [2.05, 4.69) is 0 Å². The molecular weight excluding hydrogens is 178 g/mol. The van der Waals surface area contributed by atoms with E-state index in [0.717, 1.165) is 32.5 Å². The largest absolute Gasteiger partial charge is 0.385 e. The van der Waals surface area contributed by atoms with Crippen molar-refractivity contribution in [3.8, 4) is 0 Å². The first-order valence-corrected chi connectivity index (χ1v) is 5.69. The molecule has 1 rings (SSSR count). The quantitative estimate of drug-likeness (QED) is 0.665. The minimum absolute atomic E-state index is 0.285. The zero-order valence-electron chi connectivity index (χ0n) is 9.21. The fourth-order valence-corrected chi connectivity index (χ4v) is 1.94. The number of rotatable bonds is 6. The predicted molar refractivity (Wildman–Crippen MR) is 57.3 cm³/mol. The van der Waals surface area contributed by atoms with Crippen LogP contribution in [0.15, 0.2) is 0 Å². The first kappa shape index (κ1) is 12.0. The summed E-state index contributed by atoms with van der Waals surface area (Å²) in [4.78, 5) is 0. The molecule has 84 valence electrons. The van der Waals surface area contributed by atoms with E-state index < -0.39 is 0 Å². The van der Waals surface area contributed by atoms with E-state index >= 15 is 0 Å². The van der Waals surface area contributed by atoms with Gasteiger partial charge in [-0.1, -0.05) is 0 Å². The van der Waals surface area contributed by atoms with Crippen LogP contribution in [0.2, 0.25) is 0 Å². The summed E-state index contributed by atoms with van der Waals surface area (Å²) in [5.74, 6) is 0. The van der Waals surface area contributed by atoms with Crippen molar-refractivity contribution in [2.45, 2.75) is 50.7 Å². The number of ether oxygens (including phenoxy) is 2. The fraction of sp³-hybridized carbons (Fsp3) is 1.00. The Labute approximate surface area is 86.9 Å². The molecule has 3 heteroatoms. The summed E-state index contributed by atoms with van der Waals surface area (Å²) < 4.78 is 10.6. The topological polar surface area (TPSA) is 44.5 Å². The SMILES string of the molecule is COCCCC(N)CC1CCCCO1. The zero-order chi connectivity index (χ0) is 10.2. The highest BCUT2D eigenvalue weighted by atomic mass is 16.5. The van der Waals surface area contributed by atoms with Gasteiger partial charge in [0.25, 0.3) is 0 Å². The van der Waals surface area contributed by atoms with Crippen LogP contribution in [0.1, 0.15) is 38.5 Å². The summed E-state index contributed by atoms with van der Waals surface area (Å²) in [6.07, 6.45) is 7.26. The van der Waals surface area contributed by atoms with Crippen LogP contribution in [-0.2, 0) is 9.47 Å². The molecule has 1 heterocycles. The maximum absolute atomic E-state index is 6.01. The van der Waals surface area contributed by atoms with E-state index in [1.807, 2.05) is 0 Å². The van der Waals surface area contributed by atoms with Crippen molar-refractivity contribution in [1.29, 1.82) is 0 Å². The maximum Gasteiger partial charge on any atom is 0.0589 e. The van der Waals surface area contributed by atoms with Crippen LogP contribution in [0.25, 0.3) is 0 Å². The van der Waals surface area contributed by atoms with Crippen LogP contribution in [-0.4, -0.2) is 32.5 Å². The summed E-state index contributed by atoms with van der Waals surface area (Å²) in [6.45, 7) is 1.74. The molecule has 0 radical (unpaired) electrons. The molecule has 0 aromatic rings. The Kier molecular flexibility index (Phi) is 6.15. The minimum atomic E-state index is 0.285. The van der Waals surface area contributed by atoms with Gasteiger partial charge in [0.15, 0.2) is 0 Å². The predicted octanol–water partition coefficient (Wildman–Crippen LogP) is 1.70. The number of hydrogen-bond donors (Lipinski definition) is 1. The molecule has 0 bridgehead atoms. The Morgan fingerprint density at radius 1 is 1.50 bits per heavy atom. The van der Waals surface area contributed by atoms with E-state index in [4.69, 9.17) is 15.2 Å². The Bertz CT molecular complexity index is 135. The summed E-state index contributed by atoms with van der Waals surface area (Å²) in [5, 5.41) is 0. The highest BCUT2D eigenvalue weighted by molar-refractivity contribution is 4.71. The monoisotopic (exact) mass is 201 g/mol. The fourth-order valence-electron chi connectivity index (χ4n) is 1.94. The number of nitrogens with two attached hydrogens (primary N) is 1. The normalized spacial score (nSPS) is 24.9. The first-order chi connectivity index (χ1) is 6.83. The highest BCUT2D eigenvalue weighted by Gasteiger charge is 2.16. The third-order valence-electron chi connectivity index (χ3n) is 2.76. The molecule has 2 unspecified atom stereocenters. The summed E-state index contributed by atoms with van der Waals surface area (Å²) >= 11 is 0. The lowest BCUT2D eigenvalue weighted by Crippen LogP contribution is -2.30. The molecule has 2 atom stereocenters. The summed E-state index contributed by atoms with van der Waals surface area (Å²) in [5.41, 5.74) is 6.01. The van der Waals surface area contributed by atoms with Crippen molar-refractivity contribution in [2.24, 2.45) is 5.73 Å². The van der Waals surface area contributed by atoms with Gasteiger partial charge in [-0.05, 0) is 38.5 Å². The lowest BCUT2D eigenvalue weighted by molar-refractivity contribution is 0.00661. The Hall–Kier alpha value is -0.120. The Morgan fingerprint density at radius 2 is 2.36 bits per heavy atom. The van der Waals surface area contributed by atoms with E-state index in [1.165, 1.54) is 19.3 Å². The molecule has 0 saturated carbocycles. The highest BCUT2D eigenvalue weighted by Crippen LogP contribution is 2.17. The van der Waals surface area contributed by atoms with Gasteiger partial charge < -0.3 is 15.2 Å². The maximum atomic E-state index is 6.01. The minimum Gasteiger partial charge on any atom is -0.385 e. The molecule has 14 heavy (non-hydrogen) atoms. The molecular formula is C11H23NO2. The molecule has 1 saturated heterocycles. The van der Waals surface area contributed by atoms with Gasteiger partial charge in [0, 0.05) is 26.4 Å². The second kappa shape index (κ2) is 7.21. The third-order valence-corrected chi connectivity index (χ3v) is 2.76. The van der Waals surface area contributed by atoms with Crippen molar-refractivity contribution < 1.29 is 9.47 Å². The Morgan fingerprint density at radius 3 is 3.00 bits per heavy atom. The molecule has 1 fully saturated rings. The number of methoxy groups -OCH3 is 1. The zero-order valence-corrected chi connectivity index (χ0v) is 9.21. The molecule has 0 aromatic carbocycles. The van der Waals surface area contributed by atoms with E-state index in [-0.39, 0.29) is 6.04 Å². The lowest BCUT2D eigenvalue weighted by Gasteiger charge is -2.25. The van der Waals surface area contributed by atoms with Gasteiger partial charge in [-0.25, -0.2) is 0 Å². The Balaban J connectivity index is 2.03. The van der Waals surface area contributed by atoms with E-state index in [1.54, 1.807) is 7.11 Å². The first-order valence-electron chi connectivity index (χ1n) is 5.69. The van der Waals surface area contributed by atoms with Gasteiger partial charge in [0.05, 0.1) is 6.10 Å². The van der Waals surface area contributed by atoms with Gasteiger partial charge in [-0.15, -0.1) is 0 Å². The average molecular weight is 201 g/mol. The van der Waals surface area contributed by atoms with Gasteiger partial charge in [0.2, 0.25) is 0 Å². The van der Waals surface area contributed by atoms with Crippen LogP contribution in [0.4, 0.5) is 0 Å². The second-order valence-corrected chi connectivity index (χ2v) is 4.12. The second-order valence-electron chi connectivity index (χ2n) is 4.12. The standard InChI is InChI=1S/C11H23NO2/c1-13-7-4-5-10(12)9-11-6-2-3-8-14-11/h10-11H,2-9,12H2,1H3. The summed E-state index contributed by atoms with van der Waals surface area (Å²) in [7, 11) is 1.73. The smallest absolute Gasteiger partial charge is 0.0589 e. The van der Waals surface area contributed by atoms with Crippen LogP contribution in [0.3, 0.4) is 0 Å². The van der Waals surface area contributed by atoms with E-state index in [9.17, 15) is 0 Å². The van der Waals surface area contributed by atoms with Gasteiger partial charge >= 0.3 is 0 Å². The van der Waals surface area contributed by atoms with Crippen molar-refractivity contribution in [1.82, 2.24) is 0 Å². The molecule has 0 spiro atoms. The van der Waals surface area contributed by atoms with Crippen molar-refractivity contribution in [2.75, 3.05) is 20.3 Å². The number of hydrogen-bond acceptors (Lipinski definition) is 3. The van der Waals surface area contributed by atoms with Crippen LogP contribution in [0.5, 0.6) is 0 Å². The molecule has 3 nitrogen and oxygen atoms in total. The lowest BCUT2D eigenvalue weighted by atomic mass is 10.00. The van der Waals surface area contributed by atoms with Crippen molar-refractivity contribution in [3.63, 3.8) is 0 Å². The average Bonchev–Trinajstić information content (AvgIpc) is 2.20. The van der Waals surface area contributed by atoms with Gasteiger partial charge in [-0.2, -0.15) is 0 Å².